The summed E-state index contributed by atoms with van der Waals surface area (Å²) in [5.41, 5.74) is 5.83. The largest absolute Gasteiger partial charge is 0.481 e. The molecule has 0 spiro atoms. The maximum Gasteiger partial charge on any atom is 0.481 e. The fourth-order valence-electron chi connectivity index (χ4n) is 7.50. The lowest BCUT2D eigenvalue weighted by Crippen LogP contribution is -2.65. The first kappa shape index (κ1) is 36.9. The van der Waals surface area contributed by atoms with Gasteiger partial charge in [0.1, 0.15) is 6.04 Å². The van der Waals surface area contributed by atoms with Gasteiger partial charge < -0.3 is 31.0 Å². The lowest BCUT2D eigenvalue weighted by Gasteiger charge is -2.64. The summed E-state index contributed by atoms with van der Waals surface area (Å²) in [6, 6.07) is 4.76. The molecule has 1 aromatic carbocycles. The summed E-state index contributed by atoms with van der Waals surface area (Å²) < 4.78 is 36.7. The normalized spacial score (nSPS) is 26.2. The predicted octanol–water partition coefficient (Wildman–Crippen LogP) is 2.65. The number of nitrogens with one attached hydrogen (secondary N) is 3. The molecule has 0 unspecified atom stereocenters. The number of aliphatic imine (C=N–C) groups is 1. The molecule has 2 bridgehead atoms. The van der Waals surface area contributed by atoms with Gasteiger partial charge in [0, 0.05) is 38.3 Å². The number of nitrogens with zero attached hydrogens (tertiary/aromatic N) is 1. The number of benzene rings is 1. The van der Waals surface area contributed by atoms with Crippen LogP contribution in [0.4, 0.5) is 0 Å². The van der Waals surface area contributed by atoms with Crippen LogP contribution in [0.5, 0.6) is 0 Å². The highest BCUT2D eigenvalue weighted by Crippen LogP contribution is 2.65. The van der Waals surface area contributed by atoms with Crippen molar-refractivity contribution in [2.45, 2.75) is 108 Å². The third-order valence-corrected chi connectivity index (χ3v) is 11.5. The summed E-state index contributed by atoms with van der Waals surface area (Å²) >= 11 is 0. The molecule has 4 aliphatic rings. The number of hydrogen-bond donors (Lipinski definition) is 4. The van der Waals surface area contributed by atoms with E-state index in [1.165, 1.54) is 24.3 Å². The highest BCUT2D eigenvalue weighted by atomic mass is 32.2. The summed E-state index contributed by atoms with van der Waals surface area (Å²) in [5.74, 6) is 0.0120. The smallest absolute Gasteiger partial charge is 0.404 e. The van der Waals surface area contributed by atoms with Crippen molar-refractivity contribution in [3.8, 4) is 0 Å². The van der Waals surface area contributed by atoms with Crippen LogP contribution < -0.4 is 21.7 Å². The fraction of sp³-hybridized carbons (Fsp3) is 0.697. The minimum atomic E-state index is -3.39. The summed E-state index contributed by atoms with van der Waals surface area (Å²) in [6.07, 6.45) is 4.38. The van der Waals surface area contributed by atoms with E-state index in [1.54, 1.807) is 7.05 Å². The van der Waals surface area contributed by atoms with E-state index < -0.39 is 40.4 Å². The maximum absolute atomic E-state index is 13.8. The average Bonchev–Trinajstić information content (AvgIpc) is 3.37. The number of ketones is 1. The molecule has 1 aromatic rings. The van der Waals surface area contributed by atoms with Crippen LogP contribution in [0.3, 0.4) is 0 Å². The molecule has 2 amide bonds. The lowest BCUT2D eigenvalue weighted by atomic mass is 9.43. The number of amides is 2. The zero-order valence-electron chi connectivity index (χ0n) is 28.8. The van der Waals surface area contributed by atoms with Gasteiger partial charge in [0.15, 0.2) is 21.6 Å². The molecule has 0 aromatic heterocycles. The van der Waals surface area contributed by atoms with Gasteiger partial charge in [-0.3, -0.25) is 19.4 Å². The zero-order valence-corrected chi connectivity index (χ0v) is 29.6. The Bertz CT molecular complexity index is 1450. The second-order valence-corrected chi connectivity index (χ2v) is 16.6. The number of carbonyl (C=O) groups excluding carboxylic acids is 3. The summed E-state index contributed by atoms with van der Waals surface area (Å²) in [5, 5.41) is 8.96. The van der Waals surface area contributed by atoms with Gasteiger partial charge in [-0.25, -0.2) is 8.42 Å². The Morgan fingerprint density at radius 2 is 1.77 bits per heavy atom. The van der Waals surface area contributed by atoms with Crippen LogP contribution in [-0.2, 0) is 28.7 Å². The van der Waals surface area contributed by atoms with Crippen molar-refractivity contribution in [1.82, 2.24) is 16.0 Å². The molecular formula is C33H52BN5O7S. The van der Waals surface area contributed by atoms with Crippen LogP contribution in [0, 0.1) is 23.2 Å². The Morgan fingerprint density at radius 3 is 2.36 bits per heavy atom. The van der Waals surface area contributed by atoms with Crippen LogP contribution in [0.2, 0.25) is 0 Å². The molecular weight excluding hydrogens is 621 g/mol. The fourth-order valence-corrected chi connectivity index (χ4v) is 8.13. The van der Waals surface area contributed by atoms with Crippen molar-refractivity contribution < 1.29 is 32.1 Å². The Kier molecular flexibility index (Phi) is 11.5. The lowest BCUT2D eigenvalue weighted by molar-refractivity contribution is -0.199. The van der Waals surface area contributed by atoms with Crippen molar-refractivity contribution in [2.24, 2.45) is 33.9 Å². The van der Waals surface area contributed by atoms with Crippen molar-refractivity contribution in [2.75, 3.05) is 19.8 Å². The van der Waals surface area contributed by atoms with Gasteiger partial charge in [0.05, 0.1) is 22.5 Å². The number of Topliss-reactive ketones (excluding diaryl/α,β-unsaturated/α-hetero) is 1. The van der Waals surface area contributed by atoms with E-state index in [2.05, 4.69) is 55.6 Å². The van der Waals surface area contributed by atoms with E-state index >= 15 is 0 Å². The minimum absolute atomic E-state index is 0.0248. The van der Waals surface area contributed by atoms with E-state index in [1.807, 2.05) is 0 Å². The molecule has 1 saturated heterocycles. The van der Waals surface area contributed by atoms with Crippen LogP contribution in [-0.4, -0.2) is 82.6 Å². The number of nitrogens with two attached hydrogens (primary N) is 1. The van der Waals surface area contributed by atoms with Gasteiger partial charge in [-0.05, 0) is 74.3 Å². The molecule has 14 heteroatoms. The second kappa shape index (κ2) is 14.7. The highest BCUT2D eigenvalue weighted by Gasteiger charge is 2.68. The van der Waals surface area contributed by atoms with Crippen LogP contribution in [0.1, 0.15) is 89.9 Å². The number of carbonyl (C=O) groups is 3. The van der Waals surface area contributed by atoms with Gasteiger partial charge >= 0.3 is 7.12 Å². The molecule has 260 valence electrons. The minimum Gasteiger partial charge on any atom is -0.404 e. The third kappa shape index (κ3) is 8.56. The Morgan fingerprint density at radius 1 is 1.09 bits per heavy atom. The molecule has 12 nitrogen and oxygen atoms in total. The van der Waals surface area contributed by atoms with Gasteiger partial charge in [0.2, 0.25) is 11.8 Å². The first-order valence-corrected chi connectivity index (χ1v) is 18.6. The predicted molar refractivity (Wildman–Crippen MR) is 181 cm³/mol. The maximum atomic E-state index is 13.8. The number of hydrogen-bond acceptors (Lipinski definition) is 8. The molecule has 3 aliphatic carbocycles. The molecule has 5 N–H and O–H groups in total. The molecule has 1 heterocycles. The van der Waals surface area contributed by atoms with E-state index in [0.29, 0.717) is 43.2 Å². The van der Waals surface area contributed by atoms with Crippen molar-refractivity contribution in [3.05, 3.63) is 29.8 Å². The summed E-state index contributed by atoms with van der Waals surface area (Å²) in [4.78, 5) is 43.7. The Balaban J connectivity index is 1.41. The van der Waals surface area contributed by atoms with E-state index in [9.17, 15) is 22.8 Å². The summed E-state index contributed by atoms with van der Waals surface area (Å²) in [7, 11) is -2.42. The molecule has 6 atom stereocenters. The van der Waals surface area contributed by atoms with Crippen LogP contribution in [0.15, 0.2) is 34.2 Å². The van der Waals surface area contributed by atoms with Gasteiger partial charge in [-0.15, -0.1) is 0 Å². The first-order valence-electron chi connectivity index (χ1n) is 16.7. The quantitative estimate of drug-likeness (QED) is 0.0717. The topological polar surface area (TPSA) is 178 Å². The van der Waals surface area contributed by atoms with Crippen LogP contribution >= 0.6 is 0 Å². The standard InChI is InChI=1S/C33H52BN5O7S/c1-20(2)17-28(34-45-27-19-22-18-26(32(22,3)4)33(27,5)46-34)39-30(42)24(9-8-16-37-31(35)36-6)38-29(41)15-14-25(40)21-10-12-23(13-11-21)47(7,43)44/h10-13,20,22,24,26-28H,8-9,14-19H2,1-7H3,(H,38,41)(H,39,42)(H3,35,36,37)/t22-,24-,26-,27+,28-,33-/m0/s1. The third-order valence-electron chi connectivity index (χ3n) is 10.4. The van der Waals surface area contributed by atoms with Crippen molar-refractivity contribution in [3.63, 3.8) is 0 Å². The van der Waals surface area contributed by atoms with E-state index in [-0.39, 0.29) is 52.8 Å². The van der Waals surface area contributed by atoms with Crippen molar-refractivity contribution in [1.29, 1.82) is 0 Å². The Hall–Kier alpha value is -2.97. The Labute approximate surface area is 279 Å². The van der Waals surface area contributed by atoms with Gasteiger partial charge in [-0.2, -0.15) is 0 Å². The molecule has 3 saturated carbocycles. The molecule has 1 aliphatic heterocycles. The number of guanidine groups is 1. The SMILES string of the molecule is CN=C(N)NCCC[C@H](NC(=O)CCC(=O)c1ccc(S(C)(=O)=O)cc1)C(=O)N[C@@H](CC(C)C)B1O[C@@H]2C[C@@H]3C[C@@H](C3(C)C)[C@]2(C)O1. The number of rotatable bonds is 15. The van der Waals surface area contributed by atoms with E-state index in [4.69, 9.17) is 15.0 Å². The first-order chi connectivity index (χ1) is 21.9. The van der Waals surface area contributed by atoms with Gasteiger partial charge in [0.25, 0.3) is 0 Å². The van der Waals surface area contributed by atoms with E-state index in [0.717, 1.165) is 19.1 Å². The molecule has 5 rings (SSSR count). The highest BCUT2D eigenvalue weighted by molar-refractivity contribution is 7.90. The van der Waals surface area contributed by atoms with Gasteiger partial charge in [-0.1, -0.05) is 39.8 Å². The zero-order chi connectivity index (χ0) is 34.7. The summed E-state index contributed by atoms with van der Waals surface area (Å²) in [6.45, 7) is 11.4. The average molecular weight is 674 g/mol. The molecule has 4 fully saturated rings. The van der Waals surface area contributed by atoms with Crippen LogP contribution in [0.25, 0.3) is 0 Å². The second-order valence-electron chi connectivity index (χ2n) is 14.6. The molecule has 47 heavy (non-hydrogen) atoms. The number of sulfone groups is 1. The van der Waals surface area contributed by atoms with Crippen molar-refractivity contribution >= 4 is 40.5 Å². The molecule has 0 radical (unpaired) electrons. The monoisotopic (exact) mass is 673 g/mol.